The number of nitrogens with one attached hydrogen (secondary N) is 2. The summed E-state index contributed by atoms with van der Waals surface area (Å²) in [6.07, 6.45) is -2.66. The SMILES string of the molecule is Cc1cccc(Nc2cc(-c3cccc(OC(F)(F)F)c3)nc(NC3CC3)n2)c1C. The predicted molar refractivity (Wildman–Crippen MR) is 110 cm³/mol. The fourth-order valence-electron chi connectivity index (χ4n) is 3.01. The number of ether oxygens (including phenoxy) is 1. The molecule has 0 aliphatic heterocycles. The Kier molecular flexibility index (Phi) is 5.24. The Morgan fingerprint density at radius 2 is 1.77 bits per heavy atom. The highest BCUT2D eigenvalue weighted by atomic mass is 19.4. The number of alkyl halides is 3. The van der Waals surface area contributed by atoms with Gasteiger partial charge in [0.2, 0.25) is 5.95 Å². The second kappa shape index (κ2) is 7.85. The third-order valence-corrected chi connectivity index (χ3v) is 4.87. The standard InChI is InChI=1S/C22H21F3N4O/c1-13-5-3-8-18(14(13)2)27-20-12-19(28-21(29-20)26-16-9-10-16)15-6-4-7-17(11-15)30-22(23,24)25/h3-8,11-12,16H,9-10H2,1-2H3,(H2,26,27,28,29). The van der Waals surface area contributed by atoms with Gasteiger partial charge in [0.15, 0.2) is 0 Å². The number of rotatable bonds is 6. The summed E-state index contributed by atoms with van der Waals surface area (Å²) >= 11 is 0. The van der Waals surface area contributed by atoms with Gasteiger partial charge in [0.25, 0.3) is 0 Å². The van der Waals surface area contributed by atoms with E-state index in [9.17, 15) is 13.2 Å². The molecule has 0 spiro atoms. The molecule has 1 heterocycles. The van der Waals surface area contributed by atoms with Gasteiger partial charge in [-0.25, -0.2) is 4.98 Å². The van der Waals surface area contributed by atoms with Crippen molar-refractivity contribution in [2.75, 3.05) is 10.6 Å². The smallest absolute Gasteiger partial charge is 0.406 e. The zero-order chi connectivity index (χ0) is 21.3. The van der Waals surface area contributed by atoms with Crippen molar-refractivity contribution in [2.45, 2.75) is 39.1 Å². The lowest BCUT2D eigenvalue weighted by atomic mass is 10.1. The molecule has 1 aliphatic carbocycles. The summed E-state index contributed by atoms with van der Waals surface area (Å²) < 4.78 is 41.8. The van der Waals surface area contributed by atoms with Gasteiger partial charge in [-0.1, -0.05) is 24.3 Å². The number of aromatic nitrogens is 2. The maximum Gasteiger partial charge on any atom is 0.573 e. The average Bonchev–Trinajstić information content (AvgIpc) is 3.48. The van der Waals surface area contributed by atoms with E-state index < -0.39 is 6.36 Å². The van der Waals surface area contributed by atoms with Crippen molar-refractivity contribution in [2.24, 2.45) is 0 Å². The molecule has 1 fully saturated rings. The molecule has 1 saturated carbocycles. The molecule has 0 unspecified atom stereocenters. The van der Waals surface area contributed by atoms with Crippen LogP contribution < -0.4 is 15.4 Å². The molecule has 0 amide bonds. The van der Waals surface area contributed by atoms with Crippen molar-refractivity contribution in [3.05, 3.63) is 59.7 Å². The van der Waals surface area contributed by atoms with Gasteiger partial charge in [-0.05, 0) is 56.0 Å². The van der Waals surface area contributed by atoms with Gasteiger partial charge in [0, 0.05) is 23.4 Å². The van der Waals surface area contributed by atoms with Crippen LogP contribution in [0.25, 0.3) is 11.3 Å². The Morgan fingerprint density at radius 1 is 1.00 bits per heavy atom. The first-order valence-electron chi connectivity index (χ1n) is 9.62. The first-order valence-corrected chi connectivity index (χ1v) is 9.62. The Hall–Kier alpha value is -3.29. The highest BCUT2D eigenvalue weighted by molar-refractivity contribution is 5.70. The van der Waals surface area contributed by atoms with Crippen molar-refractivity contribution < 1.29 is 17.9 Å². The normalized spacial score (nSPS) is 13.8. The number of aryl methyl sites for hydroxylation is 1. The molecular formula is C22H21F3N4O. The van der Waals surface area contributed by atoms with E-state index in [1.54, 1.807) is 12.1 Å². The lowest BCUT2D eigenvalue weighted by molar-refractivity contribution is -0.274. The van der Waals surface area contributed by atoms with E-state index >= 15 is 0 Å². The zero-order valence-corrected chi connectivity index (χ0v) is 16.5. The van der Waals surface area contributed by atoms with Crippen molar-refractivity contribution >= 4 is 17.5 Å². The highest BCUT2D eigenvalue weighted by Gasteiger charge is 2.31. The second-order valence-corrected chi connectivity index (χ2v) is 7.33. The van der Waals surface area contributed by atoms with Crippen LogP contribution in [-0.4, -0.2) is 22.4 Å². The minimum atomic E-state index is -4.75. The molecule has 156 valence electrons. The van der Waals surface area contributed by atoms with Gasteiger partial charge in [0.05, 0.1) is 5.69 Å². The van der Waals surface area contributed by atoms with Gasteiger partial charge in [-0.15, -0.1) is 13.2 Å². The quantitative estimate of drug-likeness (QED) is 0.520. The Morgan fingerprint density at radius 3 is 2.50 bits per heavy atom. The minimum Gasteiger partial charge on any atom is -0.406 e. The predicted octanol–water partition coefficient (Wildman–Crippen LogP) is 5.98. The number of halogens is 3. The maximum absolute atomic E-state index is 12.6. The van der Waals surface area contributed by atoms with E-state index in [1.807, 2.05) is 32.0 Å². The van der Waals surface area contributed by atoms with Crippen LogP contribution in [0.3, 0.4) is 0 Å². The van der Waals surface area contributed by atoms with E-state index in [1.165, 1.54) is 18.2 Å². The van der Waals surface area contributed by atoms with E-state index in [2.05, 4.69) is 25.3 Å². The maximum atomic E-state index is 12.6. The van der Waals surface area contributed by atoms with E-state index in [0.717, 1.165) is 29.7 Å². The summed E-state index contributed by atoms with van der Waals surface area (Å²) in [7, 11) is 0. The Balaban J connectivity index is 1.70. The third-order valence-electron chi connectivity index (χ3n) is 4.87. The van der Waals surface area contributed by atoms with E-state index in [4.69, 9.17) is 0 Å². The lowest BCUT2D eigenvalue weighted by Gasteiger charge is -2.14. The van der Waals surface area contributed by atoms with Crippen molar-refractivity contribution in [3.8, 4) is 17.0 Å². The summed E-state index contributed by atoms with van der Waals surface area (Å²) in [4.78, 5) is 9.05. The molecule has 4 rings (SSSR count). The summed E-state index contributed by atoms with van der Waals surface area (Å²) in [6.45, 7) is 4.04. The molecule has 0 atom stereocenters. The van der Waals surface area contributed by atoms with Crippen LogP contribution in [0.15, 0.2) is 48.5 Å². The van der Waals surface area contributed by atoms with Crippen molar-refractivity contribution in [1.82, 2.24) is 9.97 Å². The second-order valence-electron chi connectivity index (χ2n) is 7.33. The summed E-state index contributed by atoms with van der Waals surface area (Å²) in [5, 5.41) is 6.57. The molecule has 8 heteroatoms. The zero-order valence-electron chi connectivity index (χ0n) is 16.5. The fraction of sp³-hybridized carbons (Fsp3) is 0.273. The summed E-state index contributed by atoms with van der Waals surface area (Å²) in [6, 6.07) is 13.7. The van der Waals surface area contributed by atoms with Gasteiger partial charge >= 0.3 is 6.36 Å². The van der Waals surface area contributed by atoms with Crippen molar-refractivity contribution in [3.63, 3.8) is 0 Å². The largest absolute Gasteiger partial charge is 0.573 e. The molecule has 30 heavy (non-hydrogen) atoms. The van der Waals surface area contributed by atoms with Crippen LogP contribution in [0.1, 0.15) is 24.0 Å². The van der Waals surface area contributed by atoms with E-state index in [-0.39, 0.29) is 5.75 Å². The fourth-order valence-corrected chi connectivity index (χ4v) is 3.01. The van der Waals surface area contributed by atoms with Crippen LogP contribution in [0.5, 0.6) is 5.75 Å². The number of anilines is 3. The molecule has 3 aromatic rings. The molecule has 2 aromatic carbocycles. The van der Waals surface area contributed by atoms with Gasteiger partial charge in [-0.3, -0.25) is 0 Å². The molecule has 2 N–H and O–H groups in total. The highest BCUT2D eigenvalue weighted by Crippen LogP contribution is 2.31. The molecular weight excluding hydrogens is 393 g/mol. The number of benzene rings is 2. The molecule has 1 aliphatic rings. The third kappa shape index (κ3) is 5.00. The molecule has 0 radical (unpaired) electrons. The first kappa shape index (κ1) is 20.0. The van der Waals surface area contributed by atoms with Crippen LogP contribution >= 0.6 is 0 Å². The van der Waals surface area contributed by atoms with E-state index in [0.29, 0.717) is 29.1 Å². The molecule has 1 aromatic heterocycles. The summed E-state index contributed by atoms with van der Waals surface area (Å²) in [5.74, 6) is 0.697. The average molecular weight is 414 g/mol. The molecule has 0 saturated heterocycles. The monoisotopic (exact) mass is 414 g/mol. The first-order chi connectivity index (χ1) is 14.3. The number of hydrogen-bond acceptors (Lipinski definition) is 5. The number of nitrogens with zero attached hydrogens (tertiary/aromatic N) is 2. The Bertz CT molecular complexity index is 1060. The van der Waals surface area contributed by atoms with Crippen LogP contribution in [-0.2, 0) is 0 Å². The number of hydrogen-bond donors (Lipinski definition) is 2. The molecule has 0 bridgehead atoms. The Labute approximate surface area is 172 Å². The van der Waals surface area contributed by atoms with Crippen LogP contribution in [0.2, 0.25) is 0 Å². The summed E-state index contributed by atoms with van der Waals surface area (Å²) in [5.41, 5.74) is 4.14. The minimum absolute atomic E-state index is 0.292. The lowest BCUT2D eigenvalue weighted by Crippen LogP contribution is -2.17. The molecule has 5 nitrogen and oxygen atoms in total. The van der Waals surface area contributed by atoms with Crippen LogP contribution in [0.4, 0.5) is 30.6 Å². The van der Waals surface area contributed by atoms with Gasteiger partial charge < -0.3 is 15.4 Å². The van der Waals surface area contributed by atoms with Crippen molar-refractivity contribution in [1.29, 1.82) is 0 Å². The topological polar surface area (TPSA) is 59.1 Å². The van der Waals surface area contributed by atoms with Crippen LogP contribution in [0, 0.1) is 13.8 Å². The van der Waals surface area contributed by atoms with Gasteiger partial charge in [0.1, 0.15) is 11.6 Å². The van der Waals surface area contributed by atoms with Gasteiger partial charge in [-0.2, -0.15) is 4.98 Å².